The predicted octanol–water partition coefficient (Wildman–Crippen LogP) is 2.60. The van der Waals surface area contributed by atoms with Crippen LogP contribution in [0.5, 0.6) is 5.75 Å². The number of fused-ring (bicyclic) bond motifs is 1. The van der Waals surface area contributed by atoms with Crippen molar-refractivity contribution in [3.63, 3.8) is 0 Å². The molecule has 0 amide bonds. The first-order valence-electron chi connectivity index (χ1n) is 7.03. The van der Waals surface area contributed by atoms with Crippen LogP contribution < -0.4 is 4.74 Å². The largest absolute Gasteiger partial charge is 0.487 e. The third-order valence-corrected chi connectivity index (χ3v) is 3.51. The Balaban J connectivity index is 1.96. The molecule has 1 aliphatic heterocycles. The molecule has 106 valence electrons. The van der Waals surface area contributed by atoms with Crippen LogP contribution in [0.1, 0.15) is 38.3 Å². The van der Waals surface area contributed by atoms with Gasteiger partial charge in [-0.05, 0) is 51.4 Å². The van der Waals surface area contributed by atoms with Gasteiger partial charge in [-0.3, -0.25) is 0 Å². The van der Waals surface area contributed by atoms with Crippen molar-refractivity contribution in [1.82, 2.24) is 4.90 Å². The lowest BCUT2D eigenvalue weighted by Gasteiger charge is -2.18. The van der Waals surface area contributed by atoms with Crippen molar-refractivity contribution in [2.75, 3.05) is 13.6 Å². The molecule has 0 radical (unpaired) electrons. The highest BCUT2D eigenvalue weighted by Crippen LogP contribution is 2.35. The maximum absolute atomic E-state index is 9.31. The molecule has 0 bridgehead atoms. The maximum atomic E-state index is 9.31. The number of rotatable bonds is 5. The molecule has 0 aliphatic carbocycles. The van der Waals surface area contributed by atoms with E-state index in [2.05, 4.69) is 44.0 Å². The van der Waals surface area contributed by atoms with Crippen molar-refractivity contribution >= 4 is 0 Å². The summed E-state index contributed by atoms with van der Waals surface area (Å²) in [6, 6.07) is 6.48. The van der Waals surface area contributed by atoms with Crippen LogP contribution in [0, 0.1) is 0 Å². The van der Waals surface area contributed by atoms with Crippen molar-refractivity contribution in [3.8, 4) is 5.75 Å². The topological polar surface area (TPSA) is 32.7 Å². The predicted molar refractivity (Wildman–Crippen MR) is 77.5 cm³/mol. The average Bonchev–Trinajstić information content (AvgIpc) is 2.59. The first-order chi connectivity index (χ1) is 8.85. The molecule has 0 aromatic heterocycles. The molecule has 1 heterocycles. The second-order valence-electron chi connectivity index (χ2n) is 6.36. The fourth-order valence-electron chi connectivity index (χ4n) is 2.56. The van der Waals surface area contributed by atoms with Gasteiger partial charge >= 0.3 is 0 Å². The standard InChI is InChI=1S/C16H25NO2/c1-12(18)7-8-17(4)11-13-5-6-15-14(9-13)10-16(2,3)19-15/h5-6,9,12,18H,7-8,10-11H2,1-4H3. The van der Waals surface area contributed by atoms with E-state index in [4.69, 9.17) is 4.74 Å². The molecule has 1 N–H and O–H groups in total. The van der Waals surface area contributed by atoms with Crippen molar-refractivity contribution < 1.29 is 9.84 Å². The number of aliphatic hydroxyl groups excluding tert-OH is 1. The number of hydrogen-bond acceptors (Lipinski definition) is 3. The highest BCUT2D eigenvalue weighted by atomic mass is 16.5. The second kappa shape index (κ2) is 5.51. The molecule has 1 unspecified atom stereocenters. The molecule has 1 atom stereocenters. The van der Waals surface area contributed by atoms with E-state index < -0.39 is 0 Å². The molecule has 0 saturated heterocycles. The molecule has 0 spiro atoms. The van der Waals surface area contributed by atoms with Gasteiger partial charge in [0.05, 0.1) is 6.10 Å². The number of nitrogens with zero attached hydrogens (tertiary/aromatic N) is 1. The van der Waals surface area contributed by atoms with Crippen molar-refractivity contribution in [2.24, 2.45) is 0 Å². The molecule has 19 heavy (non-hydrogen) atoms. The zero-order chi connectivity index (χ0) is 14.0. The Morgan fingerprint density at radius 2 is 2.16 bits per heavy atom. The van der Waals surface area contributed by atoms with Crippen LogP contribution in [0.15, 0.2) is 18.2 Å². The Labute approximate surface area is 116 Å². The summed E-state index contributed by atoms with van der Waals surface area (Å²) in [7, 11) is 2.09. The van der Waals surface area contributed by atoms with Gasteiger partial charge in [0.1, 0.15) is 11.4 Å². The van der Waals surface area contributed by atoms with Gasteiger partial charge in [-0.2, -0.15) is 0 Å². The Bertz CT molecular complexity index is 440. The van der Waals surface area contributed by atoms with Crippen LogP contribution in [0.4, 0.5) is 0 Å². The summed E-state index contributed by atoms with van der Waals surface area (Å²) in [5, 5.41) is 9.31. The molecule has 3 nitrogen and oxygen atoms in total. The van der Waals surface area contributed by atoms with E-state index in [9.17, 15) is 5.11 Å². The first kappa shape index (κ1) is 14.4. The smallest absolute Gasteiger partial charge is 0.123 e. The maximum Gasteiger partial charge on any atom is 0.123 e. The average molecular weight is 263 g/mol. The Kier molecular flexibility index (Phi) is 4.16. The van der Waals surface area contributed by atoms with Crippen molar-refractivity contribution in [1.29, 1.82) is 0 Å². The van der Waals surface area contributed by atoms with E-state index in [1.807, 2.05) is 6.92 Å². The van der Waals surface area contributed by atoms with E-state index in [0.717, 1.165) is 31.7 Å². The van der Waals surface area contributed by atoms with Gasteiger partial charge in [-0.1, -0.05) is 12.1 Å². The van der Waals surface area contributed by atoms with Gasteiger partial charge in [-0.15, -0.1) is 0 Å². The lowest BCUT2D eigenvalue weighted by Crippen LogP contribution is -2.24. The van der Waals surface area contributed by atoms with E-state index in [1.54, 1.807) is 0 Å². The molecule has 1 aromatic rings. The monoisotopic (exact) mass is 263 g/mol. The minimum Gasteiger partial charge on any atom is -0.487 e. The highest BCUT2D eigenvalue weighted by Gasteiger charge is 2.29. The summed E-state index contributed by atoms with van der Waals surface area (Å²) in [6.45, 7) is 7.92. The fourth-order valence-corrected chi connectivity index (χ4v) is 2.56. The number of hydrogen-bond donors (Lipinski definition) is 1. The molecule has 1 aromatic carbocycles. The zero-order valence-corrected chi connectivity index (χ0v) is 12.4. The molecule has 1 aliphatic rings. The second-order valence-corrected chi connectivity index (χ2v) is 6.36. The van der Waals surface area contributed by atoms with Crippen LogP contribution >= 0.6 is 0 Å². The van der Waals surface area contributed by atoms with E-state index in [-0.39, 0.29) is 11.7 Å². The fraction of sp³-hybridized carbons (Fsp3) is 0.625. The number of benzene rings is 1. The van der Waals surface area contributed by atoms with Crippen molar-refractivity contribution in [3.05, 3.63) is 29.3 Å². The summed E-state index contributed by atoms with van der Waals surface area (Å²) in [4.78, 5) is 2.25. The molecule has 0 saturated carbocycles. The van der Waals surface area contributed by atoms with Crippen LogP contribution in [0.3, 0.4) is 0 Å². The van der Waals surface area contributed by atoms with Crippen LogP contribution in [-0.2, 0) is 13.0 Å². The highest BCUT2D eigenvalue weighted by molar-refractivity contribution is 5.41. The summed E-state index contributed by atoms with van der Waals surface area (Å²) >= 11 is 0. The molecule has 0 fully saturated rings. The lowest BCUT2D eigenvalue weighted by atomic mass is 10.00. The third-order valence-electron chi connectivity index (χ3n) is 3.51. The molecular formula is C16H25NO2. The molecular weight excluding hydrogens is 238 g/mol. The number of ether oxygens (including phenoxy) is 1. The van der Waals surface area contributed by atoms with E-state index in [1.165, 1.54) is 11.1 Å². The summed E-state index contributed by atoms with van der Waals surface area (Å²) in [5.41, 5.74) is 2.55. The van der Waals surface area contributed by atoms with Gasteiger partial charge in [-0.25, -0.2) is 0 Å². The Hall–Kier alpha value is -1.06. The van der Waals surface area contributed by atoms with Gasteiger partial charge in [0, 0.05) is 19.5 Å². The summed E-state index contributed by atoms with van der Waals surface area (Å²) in [5.74, 6) is 1.03. The van der Waals surface area contributed by atoms with Gasteiger partial charge < -0.3 is 14.7 Å². The lowest BCUT2D eigenvalue weighted by molar-refractivity contribution is 0.138. The normalized spacial score (nSPS) is 18.2. The van der Waals surface area contributed by atoms with Crippen LogP contribution in [0.2, 0.25) is 0 Å². The minimum atomic E-state index is -0.225. The van der Waals surface area contributed by atoms with Crippen molar-refractivity contribution in [2.45, 2.75) is 51.9 Å². The van der Waals surface area contributed by atoms with Crippen LogP contribution in [0.25, 0.3) is 0 Å². The number of aliphatic hydroxyl groups is 1. The van der Waals surface area contributed by atoms with E-state index >= 15 is 0 Å². The first-order valence-corrected chi connectivity index (χ1v) is 7.03. The Morgan fingerprint density at radius 1 is 1.42 bits per heavy atom. The zero-order valence-electron chi connectivity index (χ0n) is 12.4. The molecule has 2 rings (SSSR count). The van der Waals surface area contributed by atoms with E-state index in [0.29, 0.717) is 0 Å². The summed E-state index contributed by atoms with van der Waals surface area (Å²) in [6.07, 6.45) is 1.57. The van der Waals surface area contributed by atoms with Crippen LogP contribution in [-0.4, -0.2) is 35.3 Å². The molecule has 3 heteroatoms. The SMILES string of the molecule is CC(O)CCN(C)Cc1ccc2c(c1)CC(C)(C)O2. The minimum absolute atomic E-state index is 0.0703. The van der Waals surface area contributed by atoms with Gasteiger partial charge in [0.2, 0.25) is 0 Å². The third kappa shape index (κ3) is 3.95. The quantitative estimate of drug-likeness (QED) is 0.886. The summed E-state index contributed by atoms with van der Waals surface area (Å²) < 4.78 is 5.89. The van der Waals surface area contributed by atoms with Gasteiger partial charge in [0.15, 0.2) is 0 Å². The Morgan fingerprint density at radius 3 is 2.84 bits per heavy atom. The van der Waals surface area contributed by atoms with Gasteiger partial charge in [0.25, 0.3) is 0 Å².